The lowest BCUT2D eigenvalue weighted by Gasteiger charge is -2.11. The van der Waals surface area contributed by atoms with Crippen LogP contribution in [0.5, 0.6) is 0 Å². The number of thiazole rings is 1. The standard InChI is InChI=1S/C18H23F3N4S.HI/c1-3-13-4-6-14(7-5-13)8-10-23-17(22-2)24-11-9-16-25-15(12-26-16)18(19,20)21;/h4-7,12H,3,8-11H2,1-2H3,(H2,22,23,24);1H. The lowest BCUT2D eigenvalue weighted by molar-refractivity contribution is -0.140. The van der Waals surface area contributed by atoms with Crippen molar-refractivity contribution in [2.24, 2.45) is 4.99 Å². The molecule has 1 aromatic heterocycles. The Morgan fingerprint density at radius 1 is 1.07 bits per heavy atom. The maximum atomic E-state index is 12.5. The Kier molecular flexibility index (Phi) is 10.1. The molecule has 2 N–H and O–H groups in total. The van der Waals surface area contributed by atoms with Crippen molar-refractivity contribution in [2.45, 2.75) is 32.4 Å². The predicted molar refractivity (Wildman–Crippen MR) is 115 cm³/mol. The molecule has 1 heterocycles. The molecular weight excluding hydrogens is 488 g/mol. The third-order valence-corrected chi connectivity index (χ3v) is 4.74. The first kappa shape index (κ1) is 23.7. The van der Waals surface area contributed by atoms with E-state index in [-0.39, 0.29) is 24.0 Å². The summed E-state index contributed by atoms with van der Waals surface area (Å²) in [6.07, 6.45) is -2.07. The Hall–Kier alpha value is -1.36. The zero-order valence-corrected chi connectivity index (χ0v) is 18.4. The highest BCUT2D eigenvalue weighted by Gasteiger charge is 2.33. The fourth-order valence-corrected chi connectivity index (χ4v) is 3.14. The lowest BCUT2D eigenvalue weighted by Crippen LogP contribution is -2.39. The van der Waals surface area contributed by atoms with E-state index in [0.29, 0.717) is 23.9 Å². The van der Waals surface area contributed by atoms with Crippen LogP contribution in [0.1, 0.15) is 28.8 Å². The monoisotopic (exact) mass is 512 g/mol. The highest BCUT2D eigenvalue weighted by atomic mass is 127. The second-order valence-electron chi connectivity index (χ2n) is 5.72. The number of hydrogen-bond donors (Lipinski definition) is 2. The molecule has 0 saturated heterocycles. The van der Waals surface area contributed by atoms with Gasteiger partial charge in [0.1, 0.15) is 0 Å². The van der Waals surface area contributed by atoms with Crippen LogP contribution in [0, 0.1) is 0 Å². The van der Waals surface area contributed by atoms with E-state index in [2.05, 4.69) is 51.8 Å². The summed E-state index contributed by atoms with van der Waals surface area (Å²) in [6.45, 7) is 3.32. The van der Waals surface area contributed by atoms with Crippen LogP contribution < -0.4 is 10.6 Å². The fourth-order valence-electron chi connectivity index (χ4n) is 2.33. The van der Waals surface area contributed by atoms with E-state index in [0.717, 1.165) is 36.1 Å². The summed E-state index contributed by atoms with van der Waals surface area (Å²) in [7, 11) is 1.66. The third kappa shape index (κ3) is 8.04. The van der Waals surface area contributed by atoms with Crippen LogP contribution in [-0.2, 0) is 25.4 Å². The fraction of sp³-hybridized carbons (Fsp3) is 0.444. The summed E-state index contributed by atoms with van der Waals surface area (Å²) >= 11 is 1.02. The van der Waals surface area contributed by atoms with Crippen molar-refractivity contribution in [3.63, 3.8) is 0 Å². The maximum absolute atomic E-state index is 12.5. The van der Waals surface area contributed by atoms with Crippen molar-refractivity contribution in [1.29, 1.82) is 0 Å². The summed E-state index contributed by atoms with van der Waals surface area (Å²) in [6, 6.07) is 8.51. The van der Waals surface area contributed by atoms with Gasteiger partial charge >= 0.3 is 6.18 Å². The van der Waals surface area contributed by atoms with Crippen LogP contribution in [-0.4, -0.2) is 31.1 Å². The number of nitrogens with zero attached hydrogens (tertiary/aromatic N) is 2. The van der Waals surface area contributed by atoms with E-state index in [4.69, 9.17) is 0 Å². The number of guanidine groups is 1. The molecule has 1 aromatic carbocycles. The lowest BCUT2D eigenvalue weighted by atomic mass is 10.1. The van der Waals surface area contributed by atoms with Crippen molar-refractivity contribution in [3.8, 4) is 0 Å². The number of halogens is 4. The Balaban J connectivity index is 0.00000364. The Labute approximate surface area is 178 Å². The molecule has 27 heavy (non-hydrogen) atoms. The highest BCUT2D eigenvalue weighted by Crippen LogP contribution is 2.29. The minimum Gasteiger partial charge on any atom is -0.356 e. The molecule has 0 unspecified atom stereocenters. The Morgan fingerprint density at radius 2 is 1.67 bits per heavy atom. The van der Waals surface area contributed by atoms with Gasteiger partial charge in [0.25, 0.3) is 0 Å². The zero-order chi connectivity index (χ0) is 19.0. The number of aryl methyl sites for hydroxylation is 1. The van der Waals surface area contributed by atoms with Crippen molar-refractivity contribution >= 4 is 41.3 Å². The van der Waals surface area contributed by atoms with Gasteiger partial charge < -0.3 is 10.6 Å². The average molecular weight is 512 g/mol. The first-order chi connectivity index (χ1) is 12.4. The first-order valence-corrected chi connectivity index (χ1v) is 9.34. The molecule has 150 valence electrons. The Bertz CT molecular complexity index is 714. The number of rotatable bonds is 7. The van der Waals surface area contributed by atoms with Crippen molar-refractivity contribution in [1.82, 2.24) is 15.6 Å². The smallest absolute Gasteiger partial charge is 0.356 e. The number of nitrogens with one attached hydrogen (secondary N) is 2. The number of hydrogen-bond acceptors (Lipinski definition) is 3. The summed E-state index contributed by atoms with van der Waals surface area (Å²) in [4.78, 5) is 7.73. The summed E-state index contributed by atoms with van der Waals surface area (Å²) in [5.41, 5.74) is 1.73. The molecule has 0 atom stereocenters. The molecule has 2 rings (SSSR count). The van der Waals surface area contributed by atoms with Crippen LogP contribution in [0.2, 0.25) is 0 Å². The summed E-state index contributed by atoms with van der Waals surface area (Å²) < 4.78 is 37.6. The van der Waals surface area contributed by atoms with Crippen LogP contribution in [0.25, 0.3) is 0 Å². The number of benzene rings is 1. The van der Waals surface area contributed by atoms with Gasteiger partial charge in [-0.2, -0.15) is 13.2 Å². The first-order valence-electron chi connectivity index (χ1n) is 8.46. The zero-order valence-electron chi connectivity index (χ0n) is 15.3. The molecule has 0 aliphatic rings. The molecule has 0 saturated carbocycles. The molecule has 0 spiro atoms. The van der Waals surface area contributed by atoms with Crippen LogP contribution in [0.3, 0.4) is 0 Å². The number of aliphatic imine (C=N–C) groups is 1. The van der Waals surface area contributed by atoms with E-state index in [1.54, 1.807) is 7.05 Å². The number of aromatic nitrogens is 1. The largest absolute Gasteiger partial charge is 0.434 e. The van der Waals surface area contributed by atoms with Gasteiger partial charge in [-0.1, -0.05) is 31.2 Å². The minimum absolute atomic E-state index is 0. The molecule has 0 aliphatic carbocycles. The van der Waals surface area contributed by atoms with Gasteiger partial charge in [-0.05, 0) is 24.0 Å². The van der Waals surface area contributed by atoms with E-state index in [9.17, 15) is 13.2 Å². The molecule has 0 bridgehead atoms. The van der Waals surface area contributed by atoms with Crippen molar-refractivity contribution < 1.29 is 13.2 Å². The van der Waals surface area contributed by atoms with Crippen LogP contribution in [0.15, 0.2) is 34.6 Å². The SMILES string of the molecule is CCc1ccc(CCNC(=NC)NCCc2nc(C(F)(F)F)cs2)cc1.I. The molecule has 4 nitrogen and oxygen atoms in total. The summed E-state index contributed by atoms with van der Waals surface area (Å²) in [5.74, 6) is 0.628. The summed E-state index contributed by atoms with van der Waals surface area (Å²) in [5, 5.41) is 7.80. The molecule has 0 fully saturated rings. The predicted octanol–water partition coefficient (Wildman–Crippen LogP) is 4.29. The van der Waals surface area contributed by atoms with Gasteiger partial charge in [0, 0.05) is 31.9 Å². The van der Waals surface area contributed by atoms with E-state index in [1.807, 2.05) is 0 Å². The molecule has 2 aromatic rings. The maximum Gasteiger partial charge on any atom is 0.434 e. The van der Waals surface area contributed by atoms with E-state index in [1.165, 1.54) is 11.1 Å². The second kappa shape index (κ2) is 11.5. The van der Waals surface area contributed by atoms with Gasteiger partial charge in [-0.25, -0.2) is 4.98 Å². The highest BCUT2D eigenvalue weighted by molar-refractivity contribution is 14.0. The topological polar surface area (TPSA) is 49.3 Å². The average Bonchev–Trinajstić information content (AvgIpc) is 3.10. The molecule has 0 amide bonds. The third-order valence-electron chi connectivity index (χ3n) is 3.83. The van der Waals surface area contributed by atoms with Gasteiger partial charge in [0.2, 0.25) is 0 Å². The van der Waals surface area contributed by atoms with Crippen LogP contribution in [0.4, 0.5) is 13.2 Å². The molecular formula is C18H24F3IN4S. The van der Waals surface area contributed by atoms with Gasteiger partial charge in [-0.15, -0.1) is 35.3 Å². The van der Waals surface area contributed by atoms with E-state index < -0.39 is 11.9 Å². The van der Waals surface area contributed by atoms with Gasteiger partial charge in [-0.3, -0.25) is 4.99 Å². The minimum atomic E-state index is -4.38. The molecule has 0 radical (unpaired) electrons. The van der Waals surface area contributed by atoms with Gasteiger partial charge in [0.05, 0.1) is 5.01 Å². The van der Waals surface area contributed by atoms with Gasteiger partial charge in [0.15, 0.2) is 11.7 Å². The molecule has 0 aliphatic heterocycles. The van der Waals surface area contributed by atoms with Crippen LogP contribution >= 0.6 is 35.3 Å². The Morgan fingerprint density at radius 3 is 2.19 bits per heavy atom. The van der Waals surface area contributed by atoms with E-state index >= 15 is 0 Å². The van der Waals surface area contributed by atoms with Crippen molar-refractivity contribution in [2.75, 3.05) is 20.1 Å². The second-order valence-corrected chi connectivity index (χ2v) is 6.66. The number of alkyl halides is 3. The molecule has 9 heteroatoms. The van der Waals surface area contributed by atoms with Crippen molar-refractivity contribution in [3.05, 3.63) is 51.5 Å². The normalized spacial score (nSPS) is 11.8. The quantitative estimate of drug-likeness (QED) is 0.331.